The van der Waals surface area contributed by atoms with Crippen LogP contribution >= 0.6 is 23.2 Å². The van der Waals surface area contributed by atoms with Crippen LogP contribution in [-0.2, 0) is 24.3 Å². The normalized spacial score (nSPS) is 22.3. The molecule has 214 valence electrons. The van der Waals surface area contributed by atoms with Gasteiger partial charge in [0.25, 0.3) is 0 Å². The molecule has 14 heteroatoms. The van der Waals surface area contributed by atoms with Crippen molar-refractivity contribution in [2.45, 2.75) is 73.2 Å². The highest BCUT2D eigenvalue weighted by Crippen LogP contribution is 2.40. The smallest absolute Gasteiger partial charge is 0.244 e. The molecule has 1 saturated heterocycles. The Bertz CT molecular complexity index is 1470. The second-order valence-corrected chi connectivity index (χ2v) is 20.8. The number of aromatic nitrogens is 1. The Hall–Kier alpha value is -1.56. The molecule has 0 saturated carbocycles. The first kappa shape index (κ1) is 32.0. The number of nitrogens with zero attached hydrogens (tertiary/aromatic N) is 3. The summed E-state index contributed by atoms with van der Waals surface area (Å²) >= 11 is 12.1. The van der Waals surface area contributed by atoms with Crippen LogP contribution in [0.1, 0.15) is 33.3 Å². The van der Waals surface area contributed by atoms with Crippen molar-refractivity contribution in [1.29, 1.82) is 5.26 Å². The molecule has 0 aliphatic carbocycles. The average molecular weight is 635 g/mol. The van der Waals surface area contributed by atoms with Crippen LogP contribution < -0.4 is 0 Å². The number of benzene rings is 1. The number of pyridine rings is 1. The number of aliphatic hydroxyl groups is 1. The maximum atomic E-state index is 13.8. The molecule has 0 spiro atoms. The van der Waals surface area contributed by atoms with Crippen molar-refractivity contribution in [3.8, 4) is 6.07 Å². The molecule has 1 aliphatic rings. The third-order valence-corrected chi connectivity index (χ3v) is 16.7. The van der Waals surface area contributed by atoms with E-state index in [0.29, 0.717) is 0 Å². The molecule has 9 nitrogen and oxygen atoms in total. The van der Waals surface area contributed by atoms with Crippen LogP contribution in [0.2, 0.25) is 28.2 Å². The van der Waals surface area contributed by atoms with E-state index in [1.54, 1.807) is 6.92 Å². The fourth-order valence-electron chi connectivity index (χ4n) is 4.24. The van der Waals surface area contributed by atoms with E-state index in [9.17, 15) is 21.9 Å². The molecule has 1 unspecified atom stereocenters. The summed E-state index contributed by atoms with van der Waals surface area (Å²) in [5.74, 6) is -0.883. The SMILES string of the molecule is C[C@@H](O[Si](C)(C)C(C)(C)C)C1CN(S(=O)(=O)c2ccc(C#N)cc2Cl)C[C@@H](S(=O)(=O)c2ccc(Cl)cn2)[C@@H]1O. The van der Waals surface area contributed by atoms with Gasteiger partial charge in [0, 0.05) is 31.3 Å². The molecule has 4 atom stereocenters. The first-order valence-electron chi connectivity index (χ1n) is 12.2. The van der Waals surface area contributed by atoms with Gasteiger partial charge in [0.15, 0.2) is 13.3 Å². The molecular weight excluding hydrogens is 601 g/mol. The second kappa shape index (κ2) is 11.4. The minimum absolute atomic E-state index is 0.166. The zero-order chi connectivity index (χ0) is 29.6. The van der Waals surface area contributed by atoms with Crippen molar-refractivity contribution in [2.75, 3.05) is 13.1 Å². The molecule has 2 aromatic rings. The Balaban J connectivity index is 2.10. The van der Waals surface area contributed by atoms with E-state index in [0.717, 1.165) is 4.31 Å². The molecule has 1 N–H and O–H groups in total. The number of aliphatic hydroxyl groups excluding tert-OH is 1. The number of sulfone groups is 1. The minimum atomic E-state index is -4.33. The summed E-state index contributed by atoms with van der Waals surface area (Å²) in [6.45, 7) is 11.2. The topological polar surface area (TPSA) is 138 Å². The van der Waals surface area contributed by atoms with Crippen LogP contribution in [0, 0.1) is 17.2 Å². The Morgan fingerprint density at radius 2 is 1.79 bits per heavy atom. The Kier molecular flexibility index (Phi) is 9.32. The van der Waals surface area contributed by atoms with Crippen LogP contribution in [0.4, 0.5) is 0 Å². The van der Waals surface area contributed by atoms with Gasteiger partial charge in [-0.3, -0.25) is 0 Å². The van der Waals surface area contributed by atoms with E-state index in [-0.39, 0.29) is 37.1 Å². The lowest BCUT2D eigenvalue weighted by molar-refractivity contribution is -0.00613. The van der Waals surface area contributed by atoms with Crippen molar-refractivity contribution in [1.82, 2.24) is 9.29 Å². The number of sulfonamides is 1. The van der Waals surface area contributed by atoms with Crippen molar-refractivity contribution in [2.24, 2.45) is 5.92 Å². The van der Waals surface area contributed by atoms with E-state index in [1.165, 1.54) is 36.5 Å². The van der Waals surface area contributed by atoms with Crippen molar-refractivity contribution < 1.29 is 26.4 Å². The van der Waals surface area contributed by atoms with Gasteiger partial charge in [0.05, 0.1) is 27.8 Å². The molecule has 39 heavy (non-hydrogen) atoms. The van der Waals surface area contributed by atoms with Gasteiger partial charge in [0.1, 0.15) is 10.1 Å². The highest BCUT2D eigenvalue weighted by Gasteiger charge is 2.50. The number of halogens is 2. The number of nitriles is 1. The van der Waals surface area contributed by atoms with Gasteiger partial charge in [0.2, 0.25) is 19.9 Å². The maximum Gasteiger partial charge on any atom is 0.244 e. The Morgan fingerprint density at radius 3 is 2.31 bits per heavy atom. The lowest BCUT2D eigenvalue weighted by Crippen LogP contribution is -2.60. The van der Waals surface area contributed by atoms with Gasteiger partial charge in [-0.2, -0.15) is 9.57 Å². The van der Waals surface area contributed by atoms with E-state index in [2.05, 4.69) is 4.98 Å². The summed E-state index contributed by atoms with van der Waals surface area (Å²) in [5, 5.41) is 18.6. The molecule has 2 heterocycles. The summed E-state index contributed by atoms with van der Waals surface area (Å²) in [7, 11) is -11.0. The number of hydrogen-bond donors (Lipinski definition) is 1. The Labute approximate surface area is 241 Å². The molecule has 0 bridgehead atoms. The average Bonchev–Trinajstić information content (AvgIpc) is 2.82. The predicted octanol–water partition coefficient (Wildman–Crippen LogP) is 4.49. The molecule has 1 aliphatic heterocycles. The van der Waals surface area contributed by atoms with E-state index in [1.807, 2.05) is 39.9 Å². The summed E-state index contributed by atoms with van der Waals surface area (Å²) in [6, 6.07) is 8.27. The van der Waals surface area contributed by atoms with Crippen LogP contribution in [0.15, 0.2) is 46.5 Å². The van der Waals surface area contributed by atoms with Gasteiger partial charge in [-0.1, -0.05) is 44.0 Å². The molecule has 0 radical (unpaired) electrons. The quantitative estimate of drug-likeness (QED) is 0.440. The molecule has 1 aromatic carbocycles. The number of hydrogen-bond acceptors (Lipinski definition) is 8. The summed E-state index contributed by atoms with van der Waals surface area (Å²) in [4.78, 5) is 3.66. The van der Waals surface area contributed by atoms with Crippen LogP contribution in [0.25, 0.3) is 0 Å². The van der Waals surface area contributed by atoms with Gasteiger partial charge < -0.3 is 9.53 Å². The van der Waals surface area contributed by atoms with Crippen LogP contribution in [-0.4, -0.2) is 70.1 Å². The number of piperidine rings is 1. The molecule has 1 fully saturated rings. The van der Waals surface area contributed by atoms with Crippen molar-refractivity contribution in [3.63, 3.8) is 0 Å². The first-order chi connectivity index (χ1) is 17.8. The molecule has 3 rings (SSSR count). The third-order valence-electron chi connectivity index (χ3n) is 7.58. The summed E-state index contributed by atoms with van der Waals surface area (Å²) in [6.07, 6.45) is -0.948. The van der Waals surface area contributed by atoms with Crippen LogP contribution in [0.5, 0.6) is 0 Å². The van der Waals surface area contributed by atoms with Crippen molar-refractivity contribution >= 4 is 51.4 Å². The zero-order valence-corrected chi connectivity index (χ0v) is 26.7. The van der Waals surface area contributed by atoms with Gasteiger partial charge >= 0.3 is 0 Å². The monoisotopic (exact) mass is 633 g/mol. The lowest BCUT2D eigenvalue weighted by Gasteiger charge is -2.46. The Morgan fingerprint density at radius 1 is 1.15 bits per heavy atom. The third kappa shape index (κ3) is 6.52. The highest BCUT2D eigenvalue weighted by atomic mass is 35.5. The van der Waals surface area contributed by atoms with Gasteiger partial charge in [-0.05, 0) is 55.4 Å². The largest absolute Gasteiger partial charge is 0.414 e. The zero-order valence-electron chi connectivity index (χ0n) is 22.6. The minimum Gasteiger partial charge on any atom is -0.414 e. The second-order valence-electron chi connectivity index (χ2n) is 11.2. The summed E-state index contributed by atoms with van der Waals surface area (Å²) in [5.41, 5.74) is 0.177. The van der Waals surface area contributed by atoms with Crippen LogP contribution in [0.3, 0.4) is 0 Å². The maximum absolute atomic E-state index is 13.8. The standard InChI is InChI=1S/C25H33Cl2N3O6S2Si/c1-16(36-39(5,6)25(2,3)4)19-14-30(38(34,35)21-9-7-17(12-28)11-20(21)27)15-22(24(19)31)37(32,33)23-10-8-18(26)13-29-23/h7-11,13,16,19,22,24,31H,14-15H2,1-6H3/t16-,19?,22-,24-/m1/s1. The van der Waals surface area contributed by atoms with Gasteiger partial charge in [-0.15, -0.1) is 0 Å². The van der Waals surface area contributed by atoms with Crippen molar-refractivity contribution in [3.05, 3.63) is 52.1 Å². The highest BCUT2D eigenvalue weighted by molar-refractivity contribution is 7.92. The first-order valence-corrected chi connectivity index (χ1v) is 18.9. The lowest BCUT2D eigenvalue weighted by atomic mass is 9.91. The van der Waals surface area contributed by atoms with E-state index in [4.69, 9.17) is 32.9 Å². The fourth-order valence-corrected chi connectivity index (χ4v) is 9.64. The van der Waals surface area contributed by atoms with E-state index >= 15 is 0 Å². The van der Waals surface area contributed by atoms with Gasteiger partial charge in [-0.25, -0.2) is 21.8 Å². The van der Waals surface area contributed by atoms with E-state index < -0.39 is 58.1 Å². The fraction of sp³-hybridized carbons (Fsp3) is 0.520. The molecule has 0 amide bonds. The number of rotatable bonds is 7. The predicted molar refractivity (Wildman–Crippen MR) is 152 cm³/mol. The summed E-state index contributed by atoms with van der Waals surface area (Å²) < 4.78 is 62.5. The molecule has 1 aromatic heterocycles. The molecular formula is C25H33Cl2N3O6S2Si.